The number of nitrogens with two attached hydrogens (primary N) is 1. The molecule has 0 aliphatic rings. The fourth-order valence-corrected chi connectivity index (χ4v) is 1.81. The summed E-state index contributed by atoms with van der Waals surface area (Å²) in [6, 6.07) is 4.04. The highest BCUT2D eigenvalue weighted by Gasteiger charge is 2.37. The standard InChI is InChI=1S/C13H14F3N3O3/c1-21-8(6-17)5-11(20)18-7-2-3-10-9(4-7)19-12(22-10)13(14,15)16/h2-4,8H,5-6,17H2,1H3,(H,18,20). The van der Waals surface area contributed by atoms with Crippen molar-refractivity contribution in [1.29, 1.82) is 0 Å². The van der Waals surface area contributed by atoms with Gasteiger partial charge in [-0.3, -0.25) is 4.79 Å². The van der Waals surface area contributed by atoms with Crippen molar-refractivity contribution in [2.45, 2.75) is 18.7 Å². The predicted octanol–water partition coefficient (Wildman–Crippen LogP) is 2.15. The summed E-state index contributed by atoms with van der Waals surface area (Å²) >= 11 is 0. The molecule has 0 spiro atoms. The Balaban J connectivity index is 2.14. The van der Waals surface area contributed by atoms with Gasteiger partial charge in [-0.1, -0.05) is 0 Å². The number of ether oxygens (including phenoxy) is 1. The maximum Gasteiger partial charge on any atom is 0.468 e. The van der Waals surface area contributed by atoms with Gasteiger partial charge in [0.05, 0.1) is 12.5 Å². The van der Waals surface area contributed by atoms with E-state index >= 15 is 0 Å². The lowest BCUT2D eigenvalue weighted by molar-refractivity contribution is -0.156. The molecule has 0 saturated carbocycles. The number of halogens is 3. The van der Waals surface area contributed by atoms with E-state index in [9.17, 15) is 18.0 Å². The van der Waals surface area contributed by atoms with Gasteiger partial charge in [0.25, 0.3) is 0 Å². The minimum atomic E-state index is -4.66. The fourth-order valence-electron chi connectivity index (χ4n) is 1.81. The van der Waals surface area contributed by atoms with Crippen molar-refractivity contribution in [2.75, 3.05) is 19.0 Å². The lowest BCUT2D eigenvalue weighted by Crippen LogP contribution is -2.28. The number of methoxy groups -OCH3 is 1. The van der Waals surface area contributed by atoms with E-state index < -0.39 is 18.2 Å². The first-order valence-corrected chi connectivity index (χ1v) is 6.34. The molecule has 1 unspecified atom stereocenters. The van der Waals surface area contributed by atoms with Gasteiger partial charge in [-0.15, -0.1) is 0 Å². The van der Waals surface area contributed by atoms with Crippen molar-refractivity contribution in [2.24, 2.45) is 5.73 Å². The number of nitrogens with one attached hydrogen (secondary N) is 1. The molecule has 0 radical (unpaired) electrons. The molecule has 0 saturated heterocycles. The van der Waals surface area contributed by atoms with Crippen LogP contribution in [0.15, 0.2) is 22.6 Å². The van der Waals surface area contributed by atoms with Gasteiger partial charge in [0, 0.05) is 19.3 Å². The van der Waals surface area contributed by atoms with Crippen LogP contribution in [0.1, 0.15) is 12.3 Å². The average molecular weight is 317 g/mol. The van der Waals surface area contributed by atoms with Crippen molar-refractivity contribution in [1.82, 2.24) is 4.98 Å². The van der Waals surface area contributed by atoms with E-state index in [1.807, 2.05) is 0 Å². The number of rotatable bonds is 5. The Morgan fingerprint density at radius 2 is 2.23 bits per heavy atom. The number of nitrogens with zero attached hydrogens (tertiary/aromatic N) is 1. The maximum atomic E-state index is 12.5. The highest BCUT2D eigenvalue weighted by molar-refractivity contribution is 5.93. The van der Waals surface area contributed by atoms with E-state index in [0.717, 1.165) is 0 Å². The van der Waals surface area contributed by atoms with E-state index in [-0.39, 0.29) is 30.0 Å². The number of oxazole rings is 1. The number of alkyl halides is 3. The Morgan fingerprint density at radius 3 is 2.82 bits per heavy atom. The summed E-state index contributed by atoms with van der Waals surface area (Å²) in [5.41, 5.74) is 5.72. The number of aromatic nitrogens is 1. The predicted molar refractivity (Wildman–Crippen MR) is 72.1 cm³/mol. The summed E-state index contributed by atoms with van der Waals surface area (Å²) in [4.78, 5) is 15.1. The first-order valence-electron chi connectivity index (χ1n) is 6.34. The second-order valence-electron chi connectivity index (χ2n) is 4.54. The van der Waals surface area contributed by atoms with Gasteiger partial charge >= 0.3 is 12.1 Å². The van der Waals surface area contributed by atoms with Crippen LogP contribution in [-0.2, 0) is 15.7 Å². The minimum Gasteiger partial charge on any atom is -0.433 e. The molecular formula is C13H14F3N3O3. The molecule has 120 valence electrons. The number of hydrogen-bond acceptors (Lipinski definition) is 5. The van der Waals surface area contributed by atoms with Crippen LogP contribution in [0.5, 0.6) is 0 Å². The van der Waals surface area contributed by atoms with Crippen LogP contribution in [0.2, 0.25) is 0 Å². The van der Waals surface area contributed by atoms with Crippen LogP contribution in [0.25, 0.3) is 11.1 Å². The monoisotopic (exact) mass is 317 g/mol. The molecule has 1 atom stereocenters. The molecule has 9 heteroatoms. The summed E-state index contributed by atoms with van der Waals surface area (Å²) in [6.07, 6.45) is -5.04. The fraction of sp³-hybridized carbons (Fsp3) is 0.385. The van der Waals surface area contributed by atoms with E-state index in [1.165, 1.54) is 25.3 Å². The molecule has 1 amide bonds. The van der Waals surface area contributed by atoms with Gasteiger partial charge in [0.1, 0.15) is 5.52 Å². The topological polar surface area (TPSA) is 90.4 Å². The van der Waals surface area contributed by atoms with Gasteiger partial charge in [-0.2, -0.15) is 13.2 Å². The molecule has 6 nitrogen and oxygen atoms in total. The average Bonchev–Trinajstić information content (AvgIpc) is 2.88. The second kappa shape index (κ2) is 6.32. The Kier molecular flexibility index (Phi) is 4.67. The number of amides is 1. The highest BCUT2D eigenvalue weighted by Crippen LogP contribution is 2.31. The van der Waals surface area contributed by atoms with Crippen molar-refractivity contribution in [3.05, 3.63) is 24.1 Å². The van der Waals surface area contributed by atoms with E-state index in [0.29, 0.717) is 5.69 Å². The smallest absolute Gasteiger partial charge is 0.433 e. The van der Waals surface area contributed by atoms with Crippen molar-refractivity contribution in [3.63, 3.8) is 0 Å². The van der Waals surface area contributed by atoms with Crippen molar-refractivity contribution in [3.8, 4) is 0 Å². The van der Waals surface area contributed by atoms with E-state index in [2.05, 4.69) is 14.7 Å². The molecule has 2 aromatic rings. The zero-order chi connectivity index (χ0) is 16.3. The quantitative estimate of drug-likeness (QED) is 0.882. The molecule has 1 aromatic carbocycles. The highest BCUT2D eigenvalue weighted by atomic mass is 19.4. The van der Waals surface area contributed by atoms with Crippen LogP contribution in [-0.4, -0.2) is 30.6 Å². The van der Waals surface area contributed by atoms with Gasteiger partial charge in [0.2, 0.25) is 5.91 Å². The Morgan fingerprint density at radius 1 is 1.50 bits per heavy atom. The van der Waals surface area contributed by atoms with Crippen molar-refractivity contribution < 1.29 is 27.1 Å². The maximum absolute atomic E-state index is 12.5. The molecule has 0 fully saturated rings. The van der Waals surface area contributed by atoms with E-state index in [4.69, 9.17) is 10.5 Å². The number of hydrogen-bond donors (Lipinski definition) is 2. The molecule has 3 N–H and O–H groups in total. The molecule has 0 aliphatic carbocycles. The van der Waals surface area contributed by atoms with E-state index in [1.54, 1.807) is 0 Å². The summed E-state index contributed by atoms with van der Waals surface area (Å²) in [5, 5.41) is 2.54. The largest absolute Gasteiger partial charge is 0.468 e. The number of benzene rings is 1. The third-order valence-electron chi connectivity index (χ3n) is 2.92. The normalized spacial score (nSPS) is 13.3. The molecule has 1 aromatic heterocycles. The summed E-state index contributed by atoms with van der Waals surface area (Å²) in [7, 11) is 1.44. The molecule has 1 heterocycles. The minimum absolute atomic E-state index is 0.00670. The number of fused-ring (bicyclic) bond motifs is 1. The Labute approximate surface area is 123 Å². The molecule has 0 aliphatic heterocycles. The van der Waals surface area contributed by atoms with Crippen LogP contribution in [0, 0.1) is 0 Å². The molecule has 22 heavy (non-hydrogen) atoms. The zero-order valence-corrected chi connectivity index (χ0v) is 11.6. The van der Waals surface area contributed by atoms with Crippen LogP contribution in [0.3, 0.4) is 0 Å². The SMILES string of the molecule is COC(CN)CC(=O)Nc1ccc2oc(C(F)(F)F)nc2c1. The first kappa shape index (κ1) is 16.2. The number of carbonyl (C=O) groups excluding carboxylic acids is 1. The summed E-state index contributed by atoms with van der Waals surface area (Å²) < 4.78 is 47.1. The van der Waals surface area contributed by atoms with Crippen LogP contribution in [0.4, 0.5) is 18.9 Å². The lowest BCUT2D eigenvalue weighted by atomic mass is 10.2. The van der Waals surface area contributed by atoms with Crippen LogP contribution < -0.4 is 11.1 Å². The molecule has 2 rings (SSSR count). The number of carbonyl (C=O) groups is 1. The van der Waals surface area contributed by atoms with Gasteiger partial charge in [-0.25, -0.2) is 4.98 Å². The van der Waals surface area contributed by atoms with Gasteiger partial charge < -0.3 is 20.2 Å². The van der Waals surface area contributed by atoms with Crippen molar-refractivity contribution >= 4 is 22.7 Å². The third kappa shape index (κ3) is 3.74. The van der Waals surface area contributed by atoms with Gasteiger partial charge in [-0.05, 0) is 18.2 Å². The summed E-state index contributed by atoms with van der Waals surface area (Å²) in [5.74, 6) is -1.69. The van der Waals surface area contributed by atoms with Crippen LogP contribution >= 0.6 is 0 Å². The molecular weight excluding hydrogens is 303 g/mol. The molecule has 0 bridgehead atoms. The lowest BCUT2D eigenvalue weighted by Gasteiger charge is -2.12. The second-order valence-corrected chi connectivity index (χ2v) is 4.54. The zero-order valence-electron chi connectivity index (χ0n) is 11.6. The number of anilines is 1. The Bertz CT molecular complexity index is 665. The third-order valence-corrected chi connectivity index (χ3v) is 2.92. The Hall–Kier alpha value is -2.13. The first-order chi connectivity index (χ1) is 10.3. The van der Waals surface area contributed by atoms with Gasteiger partial charge in [0.15, 0.2) is 5.58 Å². The summed E-state index contributed by atoms with van der Waals surface area (Å²) in [6.45, 7) is 0.182.